The summed E-state index contributed by atoms with van der Waals surface area (Å²) in [6.07, 6.45) is 2.43. The Morgan fingerprint density at radius 3 is 2.47 bits per heavy atom. The van der Waals surface area contributed by atoms with Gasteiger partial charge in [-0.15, -0.1) is 11.8 Å². The van der Waals surface area contributed by atoms with E-state index >= 15 is 0 Å². The topological polar surface area (TPSA) is 63.3 Å². The average molecular weight is 233 g/mol. The summed E-state index contributed by atoms with van der Waals surface area (Å²) >= 11 is 1.50. The van der Waals surface area contributed by atoms with E-state index in [1.807, 2.05) is 6.92 Å². The van der Waals surface area contributed by atoms with Gasteiger partial charge >= 0.3 is 5.97 Å². The fraction of sp³-hybridized carbons (Fsp3) is 0.909. The lowest BCUT2D eigenvalue weighted by Crippen LogP contribution is -2.37. The third kappa shape index (κ3) is 4.43. The average Bonchev–Trinajstić information content (AvgIpc) is 2.23. The van der Waals surface area contributed by atoms with Crippen LogP contribution in [0.1, 0.15) is 40.0 Å². The minimum absolute atomic E-state index is 0.450. The molecule has 0 aromatic rings. The lowest BCUT2D eigenvalue weighted by atomic mass is 9.91. The molecule has 0 spiro atoms. The summed E-state index contributed by atoms with van der Waals surface area (Å²) < 4.78 is -0.630. The van der Waals surface area contributed by atoms with E-state index in [0.717, 1.165) is 18.6 Å². The van der Waals surface area contributed by atoms with Gasteiger partial charge in [-0.25, -0.2) is 0 Å². The summed E-state index contributed by atoms with van der Waals surface area (Å²) in [5, 5.41) is 9.33. The molecule has 0 aliphatic carbocycles. The molecule has 0 amide bonds. The van der Waals surface area contributed by atoms with E-state index in [4.69, 9.17) is 5.73 Å². The zero-order valence-corrected chi connectivity index (χ0v) is 10.8. The number of aliphatic carboxylic acids is 1. The molecule has 15 heavy (non-hydrogen) atoms. The van der Waals surface area contributed by atoms with Crippen LogP contribution < -0.4 is 5.73 Å². The van der Waals surface area contributed by atoms with Gasteiger partial charge in [-0.2, -0.15) is 0 Å². The van der Waals surface area contributed by atoms with E-state index in [1.54, 1.807) is 0 Å². The van der Waals surface area contributed by atoms with Crippen molar-refractivity contribution in [3.05, 3.63) is 0 Å². The Kier molecular flexibility index (Phi) is 7.02. The molecule has 0 bridgehead atoms. The first-order valence-electron chi connectivity index (χ1n) is 5.59. The number of nitrogens with two attached hydrogens (primary N) is 1. The van der Waals surface area contributed by atoms with Gasteiger partial charge in [0.1, 0.15) is 4.75 Å². The second kappa shape index (κ2) is 7.12. The highest BCUT2D eigenvalue weighted by atomic mass is 32.2. The number of hydrogen-bond acceptors (Lipinski definition) is 3. The van der Waals surface area contributed by atoms with E-state index in [9.17, 15) is 9.90 Å². The van der Waals surface area contributed by atoms with Crippen LogP contribution in [-0.2, 0) is 4.79 Å². The molecule has 0 radical (unpaired) electrons. The standard InChI is InChI=1S/C11H23NO2S/c1-4-9(3)8-11(5-2,10(13)14)15-7-6-12/h9H,4-8,12H2,1-3H3,(H,13,14). The summed E-state index contributed by atoms with van der Waals surface area (Å²) in [5.74, 6) is 0.478. The van der Waals surface area contributed by atoms with E-state index in [-0.39, 0.29) is 0 Å². The van der Waals surface area contributed by atoms with Gasteiger partial charge in [-0.3, -0.25) is 4.79 Å². The maximum absolute atomic E-state index is 11.3. The molecule has 0 saturated carbocycles. The highest BCUT2D eigenvalue weighted by molar-refractivity contribution is 8.01. The van der Waals surface area contributed by atoms with Crippen LogP contribution in [0.5, 0.6) is 0 Å². The molecule has 2 unspecified atom stereocenters. The van der Waals surface area contributed by atoms with Crippen LogP contribution >= 0.6 is 11.8 Å². The van der Waals surface area contributed by atoms with E-state index < -0.39 is 10.7 Å². The molecule has 3 N–H and O–H groups in total. The van der Waals surface area contributed by atoms with Crippen LogP contribution in [0.4, 0.5) is 0 Å². The summed E-state index contributed by atoms with van der Waals surface area (Å²) in [6.45, 7) is 6.69. The molecule has 90 valence electrons. The quantitative estimate of drug-likeness (QED) is 0.675. The Labute approximate surface area is 96.8 Å². The van der Waals surface area contributed by atoms with Crippen molar-refractivity contribution in [1.29, 1.82) is 0 Å². The molecule has 0 aliphatic rings. The normalized spacial score (nSPS) is 17.1. The number of thioether (sulfide) groups is 1. The predicted octanol–water partition coefficient (Wildman–Crippen LogP) is 2.35. The van der Waals surface area contributed by atoms with Gasteiger partial charge in [-0.1, -0.05) is 27.2 Å². The molecule has 0 saturated heterocycles. The van der Waals surface area contributed by atoms with Crippen molar-refractivity contribution < 1.29 is 9.90 Å². The molecular formula is C11H23NO2S. The van der Waals surface area contributed by atoms with Crippen molar-refractivity contribution in [1.82, 2.24) is 0 Å². The SMILES string of the molecule is CCC(C)CC(CC)(SCCN)C(=O)O. The van der Waals surface area contributed by atoms with Gasteiger partial charge in [0, 0.05) is 12.3 Å². The van der Waals surface area contributed by atoms with Gasteiger partial charge in [0.15, 0.2) is 0 Å². The van der Waals surface area contributed by atoms with Crippen molar-refractivity contribution >= 4 is 17.7 Å². The fourth-order valence-corrected chi connectivity index (χ4v) is 2.81. The Morgan fingerprint density at radius 1 is 1.53 bits per heavy atom. The highest BCUT2D eigenvalue weighted by Crippen LogP contribution is 2.36. The van der Waals surface area contributed by atoms with E-state index in [2.05, 4.69) is 13.8 Å². The number of carbonyl (C=O) groups is 1. The first-order chi connectivity index (χ1) is 7.02. The summed E-state index contributed by atoms with van der Waals surface area (Å²) in [5.41, 5.74) is 5.44. The maximum Gasteiger partial charge on any atom is 0.319 e. The molecular weight excluding hydrogens is 210 g/mol. The Bertz CT molecular complexity index is 199. The number of rotatable bonds is 8. The predicted molar refractivity (Wildman–Crippen MR) is 66.2 cm³/mol. The molecule has 0 aliphatic heterocycles. The van der Waals surface area contributed by atoms with Crippen molar-refractivity contribution in [3.8, 4) is 0 Å². The smallest absolute Gasteiger partial charge is 0.319 e. The maximum atomic E-state index is 11.3. The van der Waals surface area contributed by atoms with Gasteiger partial charge in [0.05, 0.1) is 0 Å². The first-order valence-corrected chi connectivity index (χ1v) is 6.58. The summed E-state index contributed by atoms with van der Waals surface area (Å²) in [6, 6.07) is 0. The minimum Gasteiger partial charge on any atom is -0.480 e. The first kappa shape index (κ1) is 14.8. The Hall–Kier alpha value is -0.220. The minimum atomic E-state index is -0.691. The van der Waals surface area contributed by atoms with Crippen molar-refractivity contribution in [2.75, 3.05) is 12.3 Å². The van der Waals surface area contributed by atoms with Gasteiger partial charge in [-0.05, 0) is 18.8 Å². The molecule has 0 aromatic heterocycles. The molecule has 0 fully saturated rings. The lowest BCUT2D eigenvalue weighted by Gasteiger charge is -2.30. The number of carboxylic acid groups (broad SMARTS) is 1. The zero-order chi connectivity index (χ0) is 11.9. The third-order valence-corrected chi connectivity index (χ3v) is 4.45. The van der Waals surface area contributed by atoms with Crippen molar-refractivity contribution in [2.24, 2.45) is 11.7 Å². The zero-order valence-electron chi connectivity index (χ0n) is 9.95. The largest absolute Gasteiger partial charge is 0.480 e. The van der Waals surface area contributed by atoms with Crippen LogP contribution in [0.2, 0.25) is 0 Å². The summed E-state index contributed by atoms with van der Waals surface area (Å²) in [7, 11) is 0. The van der Waals surface area contributed by atoms with Gasteiger partial charge in [0.2, 0.25) is 0 Å². The van der Waals surface area contributed by atoms with E-state index in [0.29, 0.717) is 18.9 Å². The van der Waals surface area contributed by atoms with Crippen molar-refractivity contribution in [3.63, 3.8) is 0 Å². The molecule has 4 heteroatoms. The molecule has 0 rings (SSSR count). The van der Waals surface area contributed by atoms with Crippen LogP contribution in [0.3, 0.4) is 0 Å². The van der Waals surface area contributed by atoms with E-state index in [1.165, 1.54) is 11.8 Å². The second-order valence-electron chi connectivity index (χ2n) is 4.01. The molecule has 3 nitrogen and oxygen atoms in total. The monoisotopic (exact) mass is 233 g/mol. The van der Waals surface area contributed by atoms with Gasteiger partial charge < -0.3 is 10.8 Å². The molecule has 2 atom stereocenters. The van der Waals surface area contributed by atoms with Crippen molar-refractivity contribution in [2.45, 2.75) is 44.8 Å². The van der Waals surface area contributed by atoms with Gasteiger partial charge in [0.25, 0.3) is 0 Å². The Balaban J connectivity index is 4.57. The third-order valence-electron chi connectivity index (χ3n) is 2.83. The second-order valence-corrected chi connectivity index (χ2v) is 5.49. The molecule has 0 heterocycles. The number of carboxylic acids is 1. The van der Waals surface area contributed by atoms with Crippen LogP contribution in [0.15, 0.2) is 0 Å². The van der Waals surface area contributed by atoms with Crippen LogP contribution in [-0.4, -0.2) is 28.1 Å². The molecule has 0 aromatic carbocycles. The van der Waals surface area contributed by atoms with Crippen LogP contribution in [0.25, 0.3) is 0 Å². The number of hydrogen-bond donors (Lipinski definition) is 2. The van der Waals surface area contributed by atoms with Crippen LogP contribution in [0, 0.1) is 5.92 Å². The Morgan fingerprint density at radius 2 is 2.13 bits per heavy atom. The summed E-state index contributed by atoms with van der Waals surface area (Å²) in [4.78, 5) is 11.3. The fourth-order valence-electron chi connectivity index (χ4n) is 1.57. The highest BCUT2D eigenvalue weighted by Gasteiger charge is 2.37. The lowest BCUT2D eigenvalue weighted by molar-refractivity contribution is -0.140.